The molecule has 0 aliphatic rings. The Kier molecular flexibility index (Phi) is 5.01. The molecule has 0 unspecified atom stereocenters. The van der Waals surface area contributed by atoms with E-state index in [1.807, 2.05) is 0 Å². The molecule has 0 aromatic carbocycles. The first-order chi connectivity index (χ1) is 3.81. The number of nitrogens with one attached hydrogen (secondary N) is 1. The lowest BCUT2D eigenvalue weighted by atomic mass is 10.2. The molecule has 8 heavy (non-hydrogen) atoms. The molecule has 0 aromatic rings. The maximum absolute atomic E-state index is 8.88. The van der Waals surface area contributed by atoms with Crippen molar-refractivity contribution < 1.29 is 5.11 Å². The van der Waals surface area contributed by atoms with E-state index in [1.54, 1.807) is 7.05 Å². The molecule has 0 aromatic heterocycles. The summed E-state index contributed by atoms with van der Waals surface area (Å²) in [4.78, 5) is 0. The van der Waals surface area contributed by atoms with Crippen molar-refractivity contribution in [3.8, 4) is 0 Å². The van der Waals surface area contributed by atoms with E-state index in [4.69, 9.17) is 5.11 Å². The molecule has 0 saturated carbocycles. The summed E-state index contributed by atoms with van der Waals surface area (Å²) in [6.45, 7) is 2.11. The van der Waals surface area contributed by atoms with Crippen molar-refractivity contribution >= 4 is 0 Å². The minimum Gasteiger partial charge on any atom is -0.379 e. The monoisotopic (exact) mass is 117 g/mol. The van der Waals surface area contributed by atoms with E-state index in [0.717, 1.165) is 19.3 Å². The smallest absolute Gasteiger partial charge is 0.104 e. The van der Waals surface area contributed by atoms with Crippen molar-refractivity contribution in [2.45, 2.75) is 32.4 Å². The average molecular weight is 117 g/mol. The zero-order chi connectivity index (χ0) is 6.41. The molecule has 0 amide bonds. The Balaban J connectivity index is 2.86. The molecule has 0 fully saturated rings. The van der Waals surface area contributed by atoms with Crippen LogP contribution in [0.15, 0.2) is 0 Å². The fraction of sp³-hybridized carbons (Fsp3) is 1.00. The highest BCUT2D eigenvalue weighted by molar-refractivity contribution is 4.46. The summed E-state index contributed by atoms with van der Waals surface area (Å²) in [5.41, 5.74) is 0. The summed E-state index contributed by atoms with van der Waals surface area (Å²) in [7, 11) is 1.76. The highest BCUT2D eigenvalue weighted by Gasteiger charge is 1.95. The lowest BCUT2D eigenvalue weighted by Gasteiger charge is -2.05. The maximum Gasteiger partial charge on any atom is 0.104 e. The number of rotatable bonds is 4. The van der Waals surface area contributed by atoms with E-state index in [2.05, 4.69) is 12.2 Å². The van der Waals surface area contributed by atoms with Gasteiger partial charge in [-0.1, -0.05) is 13.3 Å². The molecule has 2 heteroatoms. The Labute approximate surface area is 50.9 Å². The topological polar surface area (TPSA) is 32.3 Å². The number of hydrogen-bond donors (Lipinski definition) is 2. The van der Waals surface area contributed by atoms with Crippen LogP contribution < -0.4 is 5.32 Å². The maximum atomic E-state index is 8.88. The molecular formula is C6H15NO. The lowest BCUT2D eigenvalue weighted by molar-refractivity contribution is 0.134. The van der Waals surface area contributed by atoms with Gasteiger partial charge in [-0.05, 0) is 19.9 Å². The van der Waals surface area contributed by atoms with Crippen molar-refractivity contribution in [1.29, 1.82) is 0 Å². The van der Waals surface area contributed by atoms with Gasteiger partial charge in [-0.3, -0.25) is 5.32 Å². The number of hydrogen-bond acceptors (Lipinski definition) is 2. The quantitative estimate of drug-likeness (QED) is 0.532. The van der Waals surface area contributed by atoms with Gasteiger partial charge < -0.3 is 5.11 Å². The van der Waals surface area contributed by atoms with E-state index in [-0.39, 0.29) is 6.23 Å². The highest BCUT2D eigenvalue weighted by atomic mass is 16.3. The zero-order valence-corrected chi connectivity index (χ0v) is 5.65. The SMILES string of the molecule is CCCC[C@H](O)NC. The van der Waals surface area contributed by atoms with Gasteiger partial charge in [0.1, 0.15) is 6.23 Å². The van der Waals surface area contributed by atoms with Crippen LogP contribution in [0.5, 0.6) is 0 Å². The van der Waals surface area contributed by atoms with Gasteiger partial charge in [-0.2, -0.15) is 0 Å². The van der Waals surface area contributed by atoms with Crippen molar-refractivity contribution in [1.82, 2.24) is 5.32 Å². The van der Waals surface area contributed by atoms with E-state index in [0.29, 0.717) is 0 Å². The molecule has 2 nitrogen and oxygen atoms in total. The van der Waals surface area contributed by atoms with E-state index >= 15 is 0 Å². The van der Waals surface area contributed by atoms with Crippen molar-refractivity contribution in [2.75, 3.05) is 7.05 Å². The van der Waals surface area contributed by atoms with Crippen molar-refractivity contribution in [3.63, 3.8) is 0 Å². The first-order valence-electron chi connectivity index (χ1n) is 3.16. The van der Waals surface area contributed by atoms with Gasteiger partial charge in [0.25, 0.3) is 0 Å². The van der Waals surface area contributed by atoms with Crippen LogP contribution in [0.1, 0.15) is 26.2 Å². The predicted octanol–water partition coefficient (Wildman–Crippen LogP) is 0.714. The van der Waals surface area contributed by atoms with Gasteiger partial charge >= 0.3 is 0 Å². The molecule has 50 valence electrons. The zero-order valence-electron chi connectivity index (χ0n) is 5.65. The number of aliphatic hydroxyl groups is 1. The van der Waals surface area contributed by atoms with Gasteiger partial charge in [0.15, 0.2) is 0 Å². The van der Waals surface area contributed by atoms with Crippen molar-refractivity contribution in [2.24, 2.45) is 0 Å². The Morgan fingerprint density at radius 2 is 2.25 bits per heavy atom. The lowest BCUT2D eigenvalue weighted by Crippen LogP contribution is -2.23. The van der Waals surface area contributed by atoms with Gasteiger partial charge in [-0.15, -0.1) is 0 Å². The fourth-order valence-corrected chi connectivity index (χ4v) is 0.542. The fourth-order valence-electron chi connectivity index (χ4n) is 0.542. The number of unbranched alkanes of at least 4 members (excludes halogenated alkanes) is 1. The van der Waals surface area contributed by atoms with Crippen molar-refractivity contribution in [3.05, 3.63) is 0 Å². The second-order valence-electron chi connectivity index (χ2n) is 1.95. The van der Waals surface area contributed by atoms with E-state index in [1.165, 1.54) is 0 Å². The summed E-state index contributed by atoms with van der Waals surface area (Å²) < 4.78 is 0. The molecule has 0 spiro atoms. The Bertz CT molecular complexity index is 47.8. The summed E-state index contributed by atoms with van der Waals surface area (Å²) in [5.74, 6) is 0. The second kappa shape index (κ2) is 5.06. The molecule has 2 N–H and O–H groups in total. The van der Waals surface area contributed by atoms with Gasteiger partial charge in [0, 0.05) is 0 Å². The molecule has 0 aliphatic carbocycles. The molecule has 0 aliphatic heterocycles. The Morgan fingerprint density at radius 1 is 1.62 bits per heavy atom. The number of aliphatic hydroxyl groups excluding tert-OH is 1. The molecule has 0 bridgehead atoms. The molecule has 0 radical (unpaired) electrons. The molecule has 0 heterocycles. The minimum absolute atomic E-state index is 0.296. The first-order valence-corrected chi connectivity index (χ1v) is 3.16. The Morgan fingerprint density at radius 3 is 2.62 bits per heavy atom. The van der Waals surface area contributed by atoms with E-state index < -0.39 is 0 Å². The molecule has 1 atom stereocenters. The van der Waals surface area contributed by atoms with Gasteiger partial charge in [-0.25, -0.2) is 0 Å². The standard InChI is InChI=1S/C6H15NO/c1-3-4-5-6(8)7-2/h6-8H,3-5H2,1-2H3/t6-/m0/s1. The van der Waals surface area contributed by atoms with Crippen LogP contribution in [0.4, 0.5) is 0 Å². The summed E-state index contributed by atoms with van der Waals surface area (Å²) >= 11 is 0. The third kappa shape index (κ3) is 4.09. The molecule has 0 rings (SSSR count). The third-order valence-electron chi connectivity index (χ3n) is 1.16. The third-order valence-corrected chi connectivity index (χ3v) is 1.16. The second-order valence-corrected chi connectivity index (χ2v) is 1.95. The largest absolute Gasteiger partial charge is 0.379 e. The minimum atomic E-state index is -0.296. The van der Waals surface area contributed by atoms with Gasteiger partial charge in [0.05, 0.1) is 0 Å². The van der Waals surface area contributed by atoms with Crippen LogP contribution in [-0.4, -0.2) is 18.4 Å². The first kappa shape index (κ1) is 7.92. The van der Waals surface area contributed by atoms with Crippen LogP contribution in [0.25, 0.3) is 0 Å². The summed E-state index contributed by atoms with van der Waals surface area (Å²) in [5, 5.41) is 11.6. The predicted molar refractivity (Wildman–Crippen MR) is 34.6 cm³/mol. The van der Waals surface area contributed by atoms with Crippen LogP contribution in [0.3, 0.4) is 0 Å². The Hall–Kier alpha value is -0.0800. The summed E-state index contributed by atoms with van der Waals surface area (Å²) in [6, 6.07) is 0. The van der Waals surface area contributed by atoms with Crippen LogP contribution in [-0.2, 0) is 0 Å². The van der Waals surface area contributed by atoms with Crippen LogP contribution in [0.2, 0.25) is 0 Å². The summed E-state index contributed by atoms with van der Waals surface area (Å²) in [6.07, 6.45) is 2.82. The van der Waals surface area contributed by atoms with Gasteiger partial charge in [0.2, 0.25) is 0 Å². The van der Waals surface area contributed by atoms with E-state index in [9.17, 15) is 0 Å². The van der Waals surface area contributed by atoms with Crippen LogP contribution >= 0.6 is 0 Å². The molecular weight excluding hydrogens is 102 g/mol. The molecule has 0 saturated heterocycles. The van der Waals surface area contributed by atoms with Crippen LogP contribution in [0, 0.1) is 0 Å². The normalized spacial score (nSPS) is 13.9. The highest BCUT2D eigenvalue weighted by Crippen LogP contribution is 1.95. The average Bonchev–Trinajstić information content (AvgIpc) is 1.83.